The second kappa shape index (κ2) is 31.3. The molecule has 5 N–H and O–H groups in total. The third kappa shape index (κ3) is 17.9. The highest BCUT2D eigenvalue weighted by atomic mass is 127. The predicted octanol–water partition coefficient (Wildman–Crippen LogP) is 8.19. The molecule has 3 fully saturated rings. The van der Waals surface area contributed by atoms with E-state index in [4.69, 9.17) is 35.2 Å². The zero-order valence-corrected chi connectivity index (χ0v) is 41.4. The van der Waals surface area contributed by atoms with E-state index in [2.05, 4.69) is 83.4 Å². The lowest BCUT2D eigenvalue weighted by Crippen LogP contribution is -2.39. The van der Waals surface area contributed by atoms with Crippen molar-refractivity contribution in [2.75, 3.05) is 20.8 Å². The zero-order chi connectivity index (χ0) is 49.5. The van der Waals surface area contributed by atoms with Crippen LogP contribution in [0.4, 0.5) is 0 Å². The molecule has 5 heterocycles. The molecule has 1 aliphatic heterocycles. The zero-order valence-electron chi connectivity index (χ0n) is 39.3. The molecule has 0 spiro atoms. The molecule has 2 aromatic carbocycles. The number of carbonyl (C=O) groups excluding carboxylic acids is 2. The molecule has 3 aliphatic rings. The molecule has 384 valence electrons. The number of hydrogen-bond donors (Lipinski definition) is 5. The van der Waals surface area contributed by atoms with E-state index in [1.807, 2.05) is 77.0 Å². The Morgan fingerprint density at radius 2 is 1.31 bits per heavy atom. The summed E-state index contributed by atoms with van der Waals surface area (Å²) >= 11 is 2.29. The number of halogens is 1. The van der Waals surface area contributed by atoms with Crippen molar-refractivity contribution in [2.45, 2.75) is 117 Å². The number of aliphatic hydroxyl groups excluding tert-OH is 3. The average Bonchev–Trinajstić information content (AvgIpc) is 4.20. The first kappa shape index (κ1) is 59.2. The van der Waals surface area contributed by atoms with Gasteiger partial charge in [-0.2, -0.15) is 0 Å². The van der Waals surface area contributed by atoms with Gasteiger partial charge >= 0.3 is 0 Å². The van der Waals surface area contributed by atoms with Crippen molar-refractivity contribution in [3.63, 3.8) is 0 Å². The van der Waals surface area contributed by atoms with E-state index in [9.17, 15) is 14.7 Å². The van der Waals surface area contributed by atoms with Gasteiger partial charge in [0, 0.05) is 103 Å². The van der Waals surface area contributed by atoms with Gasteiger partial charge in [0.2, 0.25) is 12.8 Å². The number of hydrogen-bond acceptors (Lipinski definition) is 13. The molecule has 71 heavy (non-hydrogen) atoms. The van der Waals surface area contributed by atoms with Crippen LogP contribution in [0.5, 0.6) is 0 Å². The predicted molar refractivity (Wildman–Crippen MR) is 282 cm³/mol. The molecule has 4 aromatic heterocycles. The van der Waals surface area contributed by atoms with E-state index in [1.165, 1.54) is 3.57 Å². The van der Waals surface area contributed by atoms with Gasteiger partial charge in [-0.1, -0.05) is 49.1 Å². The lowest BCUT2D eigenvalue weighted by molar-refractivity contribution is -0.188. The number of terminal acetylenes is 1. The molecular formula is C53H71IN8O9. The van der Waals surface area contributed by atoms with E-state index in [0.717, 1.165) is 118 Å². The minimum absolute atomic E-state index is 0. The van der Waals surface area contributed by atoms with Crippen LogP contribution < -0.4 is 10.6 Å². The summed E-state index contributed by atoms with van der Waals surface area (Å²) in [5.41, 5.74) is 4.50. The molecule has 1 unspecified atom stereocenters. The van der Waals surface area contributed by atoms with Crippen LogP contribution in [0.15, 0.2) is 94.5 Å². The minimum atomic E-state index is -0.642. The van der Waals surface area contributed by atoms with Crippen molar-refractivity contribution in [1.29, 1.82) is 0 Å². The largest absolute Gasteiger partial charge is 0.400 e. The highest BCUT2D eigenvalue weighted by molar-refractivity contribution is 14.1. The van der Waals surface area contributed by atoms with Crippen molar-refractivity contribution < 1.29 is 44.9 Å². The van der Waals surface area contributed by atoms with Crippen molar-refractivity contribution in [1.82, 2.24) is 40.0 Å². The molecule has 17 nitrogen and oxygen atoms in total. The Balaban J connectivity index is 0.000000385. The number of carbonyl (C=O) groups is 2. The summed E-state index contributed by atoms with van der Waals surface area (Å²) in [5.74, 6) is 12.7. The maximum Gasteiger partial charge on any atom is 0.207 e. The molecule has 6 aromatic rings. The summed E-state index contributed by atoms with van der Waals surface area (Å²) in [6, 6.07) is 20.5. The van der Waals surface area contributed by atoms with Crippen LogP contribution in [0.2, 0.25) is 0 Å². The molecule has 2 amide bonds. The van der Waals surface area contributed by atoms with Crippen molar-refractivity contribution in [3.05, 3.63) is 118 Å². The van der Waals surface area contributed by atoms with Crippen LogP contribution in [0.25, 0.3) is 22.6 Å². The first-order chi connectivity index (χ1) is 33.7. The number of aliphatic hydroxyl groups is 3. The fourth-order valence-corrected chi connectivity index (χ4v) is 7.97. The van der Waals surface area contributed by atoms with Gasteiger partial charge < -0.3 is 53.6 Å². The lowest BCUT2D eigenvalue weighted by Gasteiger charge is -2.30. The molecule has 0 bridgehead atoms. The van der Waals surface area contributed by atoms with E-state index in [-0.39, 0.29) is 34.7 Å². The molecule has 18 heteroatoms. The van der Waals surface area contributed by atoms with Crippen molar-refractivity contribution in [2.24, 2.45) is 11.8 Å². The summed E-state index contributed by atoms with van der Waals surface area (Å²) in [5, 5.41) is 37.5. The molecule has 0 radical (unpaired) electrons. The monoisotopic (exact) mass is 1090 g/mol. The van der Waals surface area contributed by atoms with Crippen molar-refractivity contribution >= 4 is 35.4 Å². The fourth-order valence-electron chi connectivity index (χ4n) is 7.61. The lowest BCUT2D eigenvalue weighted by atomic mass is 9.81. The Morgan fingerprint density at radius 1 is 0.803 bits per heavy atom. The normalized spacial score (nSPS) is 19.0. The Bertz CT molecular complexity index is 2540. The first-order valence-corrected chi connectivity index (χ1v) is 23.8. The van der Waals surface area contributed by atoms with Gasteiger partial charge in [-0.15, -0.1) is 12.3 Å². The third-order valence-electron chi connectivity index (χ3n) is 11.3. The van der Waals surface area contributed by atoms with Gasteiger partial charge in [0.25, 0.3) is 0 Å². The number of rotatable bonds is 14. The standard InChI is InChI=1S/C22H22N4O3.C20H22IN3O3.C7H9NO.2CH4O.2CH4.H2/c1-15(28)22-23-8-9-26(22)13-20-12-21(29-25-20)18-6-4-16(5-7-18)2-3-17-10-19(11-17)24-14-27;1-14(26-19-4-2-3-11-25-19)20-22-9-10-24(20)13-17-12-18(27-23-17)15-5-7-16(21)8-6-15;1-2-6-3-7(4-6)8-5-9;2*1-2;;;/h4-9,12,14-15,17,19,28H,10-11,13H2,1H3,(H,24,27);5-10,12,14,19H,2-4,11,13H2,1H3;1,5-7H,3-4H2,(H,8,9);2*2H,1H3;2*1H4;1H/t15-,17?,19?;14-,19?;;;;;;/m00....../s1. The number of ether oxygens (including phenoxy) is 2. The van der Waals surface area contributed by atoms with Gasteiger partial charge in [-0.25, -0.2) is 9.97 Å². The maximum absolute atomic E-state index is 10.4. The smallest absolute Gasteiger partial charge is 0.207 e. The van der Waals surface area contributed by atoms with Gasteiger partial charge in [0.05, 0.1) is 13.1 Å². The maximum atomic E-state index is 10.4. The van der Waals surface area contributed by atoms with E-state index in [0.29, 0.717) is 42.6 Å². The Hall–Kier alpha value is -6.13. The van der Waals surface area contributed by atoms with Crippen molar-refractivity contribution in [3.8, 4) is 46.8 Å². The number of amides is 2. The summed E-state index contributed by atoms with van der Waals surface area (Å²) in [6.07, 6.45) is 19.8. The van der Waals surface area contributed by atoms with E-state index < -0.39 is 6.10 Å². The fraction of sp³-hybridized carbons (Fsp3) is 0.434. The molecule has 1 saturated heterocycles. The molecule has 2 saturated carbocycles. The van der Waals surface area contributed by atoms with E-state index in [1.54, 1.807) is 19.3 Å². The number of nitrogens with zero attached hydrogens (tertiary/aromatic N) is 6. The molecular weight excluding hydrogens is 1020 g/mol. The molecule has 2 aliphatic carbocycles. The van der Waals surface area contributed by atoms with Crippen LogP contribution in [0.1, 0.15) is 116 Å². The summed E-state index contributed by atoms with van der Waals surface area (Å²) < 4.78 is 27.8. The summed E-state index contributed by atoms with van der Waals surface area (Å²) in [4.78, 5) is 28.9. The highest BCUT2D eigenvalue weighted by Crippen LogP contribution is 2.28. The van der Waals surface area contributed by atoms with Gasteiger partial charge in [0.1, 0.15) is 35.2 Å². The first-order valence-electron chi connectivity index (χ1n) is 22.7. The van der Waals surface area contributed by atoms with Crippen LogP contribution in [-0.2, 0) is 32.2 Å². The minimum Gasteiger partial charge on any atom is -0.400 e. The highest BCUT2D eigenvalue weighted by Gasteiger charge is 2.27. The number of aromatic nitrogens is 6. The van der Waals surface area contributed by atoms with Gasteiger partial charge in [-0.05, 0) is 118 Å². The van der Waals surface area contributed by atoms with Crippen LogP contribution in [-0.4, -0.2) is 96.8 Å². The quantitative estimate of drug-likeness (QED) is 0.0395. The molecule has 9 rings (SSSR count). The third-order valence-corrected chi connectivity index (χ3v) is 12.1. The topological polar surface area (TPSA) is 225 Å². The summed E-state index contributed by atoms with van der Waals surface area (Å²) in [7, 11) is 2.00. The van der Waals surface area contributed by atoms with Crippen LogP contribution in [0, 0.1) is 39.6 Å². The number of nitrogens with one attached hydrogen (secondary N) is 2. The van der Waals surface area contributed by atoms with Crippen LogP contribution >= 0.6 is 22.6 Å². The number of imidazole rings is 2. The van der Waals surface area contributed by atoms with Crippen LogP contribution in [0.3, 0.4) is 0 Å². The SMILES string of the molecule is C.C.C#CC1CC(NC=O)C1.CO.CO.C[C@H](O)c1nccn1Cc1cc(-c2ccc(C#CC3CC(NC=O)C3)cc2)on1.C[C@H](OC1CCCCO1)c1nccn1Cc1cc(-c2ccc(I)cc2)on1.[HH]. The molecule has 3 atom stereocenters. The van der Waals surface area contributed by atoms with E-state index >= 15 is 0 Å². The Labute approximate surface area is 432 Å². The van der Waals surface area contributed by atoms with Gasteiger partial charge in [0.15, 0.2) is 17.8 Å². The Morgan fingerprint density at radius 3 is 1.80 bits per heavy atom. The second-order valence-corrected chi connectivity index (χ2v) is 17.5. The number of benzene rings is 2. The average molecular weight is 1090 g/mol. The Kier molecular flexibility index (Phi) is 26.1. The van der Waals surface area contributed by atoms with Gasteiger partial charge in [-0.3, -0.25) is 9.59 Å². The second-order valence-electron chi connectivity index (χ2n) is 16.3. The summed E-state index contributed by atoms with van der Waals surface area (Å²) in [6.45, 7) is 5.53.